The van der Waals surface area contributed by atoms with Crippen LogP contribution in [0.2, 0.25) is 0 Å². The lowest BCUT2D eigenvalue weighted by atomic mass is 9.97. The van der Waals surface area contributed by atoms with Crippen molar-refractivity contribution >= 4 is 0 Å². The Morgan fingerprint density at radius 3 is 2.76 bits per heavy atom. The molecule has 21 heavy (non-hydrogen) atoms. The largest absolute Gasteiger partial charge is 0.338 e. The number of piperidine rings is 1. The minimum atomic E-state index is 0.591. The molecule has 3 heterocycles. The summed E-state index contributed by atoms with van der Waals surface area (Å²) in [5, 5.41) is 0. The summed E-state index contributed by atoms with van der Waals surface area (Å²) < 4.78 is 4.41. The Kier molecular flexibility index (Phi) is 4.39. The van der Waals surface area contributed by atoms with Crippen LogP contribution in [0.15, 0.2) is 24.8 Å². The maximum atomic E-state index is 4.53. The van der Waals surface area contributed by atoms with E-state index in [9.17, 15) is 0 Å². The van der Waals surface area contributed by atoms with Crippen LogP contribution in [-0.2, 0) is 13.6 Å². The Hall–Kier alpha value is -1.62. The average Bonchev–Trinajstić information content (AvgIpc) is 3.08. The fraction of sp³-hybridized carbons (Fsp3) is 0.625. The molecule has 0 aromatic carbocycles. The van der Waals surface area contributed by atoms with E-state index in [1.807, 2.05) is 12.4 Å². The Morgan fingerprint density at radius 1 is 1.19 bits per heavy atom. The van der Waals surface area contributed by atoms with Crippen LogP contribution in [0.3, 0.4) is 0 Å². The SMILES string of the molecule is Cc1nccn1CCCN1CCCC(c2nccn2C)C1. The normalized spacial score (nSPS) is 20.0. The number of hydrogen-bond acceptors (Lipinski definition) is 3. The van der Waals surface area contributed by atoms with Crippen molar-refractivity contribution in [2.45, 2.75) is 38.6 Å². The lowest BCUT2D eigenvalue weighted by Crippen LogP contribution is -2.36. The van der Waals surface area contributed by atoms with E-state index >= 15 is 0 Å². The van der Waals surface area contributed by atoms with Gasteiger partial charge in [0, 0.05) is 50.8 Å². The second kappa shape index (κ2) is 6.43. The Balaban J connectivity index is 1.50. The first kappa shape index (κ1) is 14.3. The second-order valence-corrected chi connectivity index (χ2v) is 6.06. The zero-order valence-electron chi connectivity index (χ0n) is 13.1. The van der Waals surface area contributed by atoms with Crippen LogP contribution >= 0.6 is 0 Å². The fourth-order valence-corrected chi connectivity index (χ4v) is 3.34. The van der Waals surface area contributed by atoms with E-state index in [2.05, 4.69) is 50.4 Å². The molecule has 5 nitrogen and oxygen atoms in total. The molecule has 1 atom stereocenters. The number of likely N-dealkylation sites (tertiary alicyclic amines) is 1. The van der Waals surface area contributed by atoms with Gasteiger partial charge in [-0.15, -0.1) is 0 Å². The number of rotatable bonds is 5. The summed E-state index contributed by atoms with van der Waals surface area (Å²) in [4.78, 5) is 11.4. The van der Waals surface area contributed by atoms with Crippen LogP contribution in [-0.4, -0.2) is 43.6 Å². The van der Waals surface area contributed by atoms with Crippen LogP contribution < -0.4 is 0 Å². The van der Waals surface area contributed by atoms with E-state index in [-0.39, 0.29) is 0 Å². The summed E-state index contributed by atoms with van der Waals surface area (Å²) in [5.41, 5.74) is 0. The van der Waals surface area contributed by atoms with Crippen LogP contribution in [0.5, 0.6) is 0 Å². The van der Waals surface area contributed by atoms with Crippen LogP contribution in [0.4, 0.5) is 0 Å². The van der Waals surface area contributed by atoms with E-state index in [1.54, 1.807) is 0 Å². The molecule has 2 aromatic rings. The fourth-order valence-electron chi connectivity index (χ4n) is 3.34. The molecule has 0 aliphatic carbocycles. The smallest absolute Gasteiger partial charge is 0.112 e. The van der Waals surface area contributed by atoms with Crippen molar-refractivity contribution in [3.8, 4) is 0 Å². The van der Waals surface area contributed by atoms with Gasteiger partial charge in [0.15, 0.2) is 0 Å². The number of imidazole rings is 2. The Morgan fingerprint density at radius 2 is 2.05 bits per heavy atom. The highest BCUT2D eigenvalue weighted by molar-refractivity contribution is 5.02. The lowest BCUT2D eigenvalue weighted by Gasteiger charge is -2.32. The van der Waals surface area contributed by atoms with Gasteiger partial charge >= 0.3 is 0 Å². The maximum absolute atomic E-state index is 4.53. The topological polar surface area (TPSA) is 38.9 Å². The molecule has 1 aliphatic heterocycles. The highest BCUT2D eigenvalue weighted by Crippen LogP contribution is 2.25. The quantitative estimate of drug-likeness (QED) is 0.846. The van der Waals surface area contributed by atoms with Gasteiger partial charge in [-0.05, 0) is 39.3 Å². The summed E-state index contributed by atoms with van der Waals surface area (Å²) in [6.07, 6.45) is 11.6. The van der Waals surface area contributed by atoms with Crippen LogP contribution in [0.25, 0.3) is 0 Å². The molecule has 0 N–H and O–H groups in total. The molecule has 1 unspecified atom stereocenters. The molecule has 0 radical (unpaired) electrons. The highest BCUT2D eigenvalue weighted by atomic mass is 15.1. The van der Waals surface area contributed by atoms with Crippen molar-refractivity contribution in [1.29, 1.82) is 0 Å². The van der Waals surface area contributed by atoms with Gasteiger partial charge in [-0.25, -0.2) is 9.97 Å². The summed E-state index contributed by atoms with van der Waals surface area (Å²) in [6.45, 7) is 6.67. The number of aromatic nitrogens is 4. The van der Waals surface area contributed by atoms with Gasteiger partial charge in [-0.1, -0.05) is 0 Å². The molecule has 1 aliphatic rings. The van der Waals surface area contributed by atoms with E-state index in [0.717, 1.165) is 18.9 Å². The van der Waals surface area contributed by atoms with Gasteiger partial charge < -0.3 is 14.0 Å². The minimum Gasteiger partial charge on any atom is -0.338 e. The highest BCUT2D eigenvalue weighted by Gasteiger charge is 2.23. The predicted molar refractivity (Wildman–Crippen MR) is 83.2 cm³/mol. The molecule has 114 valence electrons. The maximum Gasteiger partial charge on any atom is 0.112 e. The number of nitrogens with zero attached hydrogens (tertiary/aromatic N) is 5. The third-order valence-electron chi connectivity index (χ3n) is 4.53. The van der Waals surface area contributed by atoms with Crippen molar-refractivity contribution in [2.24, 2.45) is 7.05 Å². The van der Waals surface area contributed by atoms with Crippen molar-refractivity contribution < 1.29 is 0 Å². The third kappa shape index (κ3) is 3.35. The zero-order chi connectivity index (χ0) is 14.7. The van der Waals surface area contributed by atoms with Gasteiger partial charge in [0.05, 0.1) is 0 Å². The van der Waals surface area contributed by atoms with E-state index in [1.165, 1.54) is 38.2 Å². The Bertz CT molecular complexity index is 571. The molecule has 0 amide bonds. The molecule has 0 spiro atoms. The van der Waals surface area contributed by atoms with Crippen molar-refractivity contribution in [1.82, 2.24) is 24.0 Å². The van der Waals surface area contributed by atoms with Crippen LogP contribution in [0.1, 0.15) is 36.8 Å². The number of hydrogen-bond donors (Lipinski definition) is 0. The molecule has 1 saturated heterocycles. The minimum absolute atomic E-state index is 0.591. The molecule has 3 rings (SSSR count). The molecule has 2 aromatic heterocycles. The van der Waals surface area contributed by atoms with E-state index < -0.39 is 0 Å². The molecule has 1 fully saturated rings. The summed E-state index contributed by atoms with van der Waals surface area (Å²) >= 11 is 0. The second-order valence-electron chi connectivity index (χ2n) is 6.06. The standard InChI is InChI=1S/C16H25N5/c1-14-17-7-12-21(14)10-4-9-20-8-3-5-15(13-20)16-18-6-11-19(16)2/h6-7,11-12,15H,3-5,8-10,13H2,1-2H3. The first-order valence-electron chi connectivity index (χ1n) is 7.91. The molecule has 5 heteroatoms. The van der Waals surface area contributed by atoms with Crippen LogP contribution in [0, 0.1) is 6.92 Å². The van der Waals surface area contributed by atoms with E-state index in [0.29, 0.717) is 5.92 Å². The van der Waals surface area contributed by atoms with Crippen molar-refractivity contribution in [2.75, 3.05) is 19.6 Å². The molecular weight excluding hydrogens is 262 g/mol. The van der Waals surface area contributed by atoms with Gasteiger partial charge in [-0.2, -0.15) is 0 Å². The third-order valence-corrected chi connectivity index (χ3v) is 4.53. The summed E-state index contributed by atoms with van der Waals surface area (Å²) in [7, 11) is 2.10. The number of aryl methyl sites for hydroxylation is 3. The summed E-state index contributed by atoms with van der Waals surface area (Å²) in [5.74, 6) is 2.94. The van der Waals surface area contributed by atoms with E-state index in [4.69, 9.17) is 0 Å². The zero-order valence-corrected chi connectivity index (χ0v) is 13.1. The average molecular weight is 287 g/mol. The molecule has 0 bridgehead atoms. The summed E-state index contributed by atoms with van der Waals surface area (Å²) in [6, 6.07) is 0. The van der Waals surface area contributed by atoms with Gasteiger partial charge in [0.25, 0.3) is 0 Å². The lowest BCUT2D eigenvalue weighted by molar-refractivity contribution is 0.198. The monoisotopic (exact) mass is 287 g/mol. The molecular formula is C16H25N5. The predicted octanol–water partition coefficient (Wildman–Crippen LogP) is 2.19. The van der Waals surface area contributed by atoms with Crippen molar-refractivity contribution in [3.05, 3.63) is 36.4 Å². The van der Waals surface area contributed by atoms with Gasteiger partial charge in [0.1, 0.15) is 11.6 Å². The van der Waals surface area contributed by atoms with Gasteiger partial charge in [-0.3, -0.25) is 0 Å². The first-order valence-corrected chi connectivity index (χ1v) is 7.91. The van der Waals surface area contributed by atoms with Gasteiger partial charge in [0.2, 0.25) is 0 Å². The first-order chi connectivity index (χ1) is 10.2. The molecule has 0 saturated carbocycles. The Labute approximate surface area is 126 Å². The van der Waals surface area contributed by atoms with Crippen molar-refractivity contribution in [3.63, 3.8) is 0 Å².